The molecule has 4 heterocycles. The van der Waals surface area contributed by atoms with E-state index >= 15 is 0 Å². The molecule has 6 aromatic rings. The Morgan fingerprint density at radius 2 is 0.894 bits per heavy atom. The van der Waals surface area contributed by atoms with Gasteiger partial charge in [-0.1, -0.05) is 72.6 Å². The Hall–Kier alpha value is -6.79. The number of halogens is 6. The molecular formula is C44H30F6N6O6RuS3. The van der Waals surface area contributed by atoms with Gasteiger partial charge in [0.25, 0.3) is 0 Å². The molecule has 0 aliphatic rings. The Morgan fingerprint density at radius 1 is 0.576 bits per heavy atom. The number of aromatic nitrogens is 4. The Morgan fingerprint density at radius 3 is 1.20 bits per heavy atom. The fraction of sp³-hybridized carbons (Fsp3) is 0.0909. The zero-order valence-corrected chi connectivity index (χ0v) is 37.9. The Kier molecular flexibility index (Phi) is 22.5. The number of thiocarbonyl (C=S) groups is 2. The van der Waals surface area contributed by atoms with Gasteiger partial charge in [-0.2, -0.15) is 36.7 Å². The topological polar surface area (TPSA) is 189 Å². The second kappa shape index (κ2) is 26.9. The van der Waals surface area contributed by atoms with E-state index in [1.165, 1.54) is 97.2 Å². The predicted molar refractivity (Wildman–Crippen MR) is 240 cm³/mol. The number of rotatable bonds is 11. The smallest absolute Gasteiger partial charge is 0.753 e. The summed E-state index contributed by atoms with van der Waals surface area (Å²) in [4.78, 5) is 38.2. The van der Waals surface area contributed by atoms with Crippen LogP contribution in [0.15, 0.2) is 120 Å². The van der Waals surface area contributed by atoms with Crippen molar-refractivity contribution in [3.63, 3.8) is 0 Å². The summed E-state index contributed by atoms with van der Waals surface area (Å²) in [6.07, 6.45) is 3.19. The Bertz CT molecular complexity index is 2560. The summed E-state index contributed by atoms with van der Waals surface area (Å²) in [6.45, 7) is 0. The maximum absolute atomic E-state index is 13.3. The van der Waals surface area contributed by atoms with Crippen LogP contribution in [0, 0.1) is 0 Å². The number of ether oxygens (including phenoxy) is 2. The molecule has 4 aromatic heterocycles. The van der Waals surface area contributed by atoms with Crippen molar-refractivity contribution in [2.45, 2.75) is 22.4 Å². The summed E-state index contributed by atoms with van der Waals surface area (Å²) in [5.74, 6) is -2.66. The summed E-state index contributed by atoms with van der Waals surface area (Å²) in [7, 11) is 2.37. The molecule has 2 N–H and O–H groups in total. The van der Waals surface area contributed by atoms with Gasteiger partial charge in [0.15, 0.2) is 0 Å². The first-order valence-corrected chi connectivity index (χ1v) is 19.4. The molecule has 340 valence electrons. The number of methoxy groups -OCH3 is 2. The number of nitrogens with zero attached hydrogens (tertiary/aromatic N) is 6. The van der Waals surface area contributed by atoms with E-state index in [0.29, 0.717) is 43.7 Å². The first kappa shape index (κ1) is 55.3. The van der Waals surface area contributed by atoms with Gasteiger partial charge in [-0.25, -0.2) is 19.6 Å². The predicted octanol–water partition coefficient (Wildman–Crippen LogP) is 11.9. The molecule has 0 aliphatic heterocycles. The van der Waals surface area contributed by atoms with E-state index < -0.39 is 35.4 Å². The van der Waals surface area contributed by atoms with E-state index in [1.54, 1.807) is 61.0 Å². The quantitative estimate of drug-likeness (QED) is 0.0540. The van der Waals surface area contributed by atoms with Gasteiger partial charge in [-0.3, -0.25) is 9.97 Å². The molecule has 0 amide bonds. The van der Waals surface area contributed by atoms with Gasteiger partial charge in [0, 0.05) is 24.8 Å². The molecule has 12 nitrogen and oxygen atoms in total. The van der Waals surface area contributed by atoms with Gasteiger partial charge in [0.2, 0.25) is 0 Å². The van der Waals surface area contributed by atoms with E-state index in [9.17, 15) is 35.9 Å². The molecule has 0 saturated carbocycles. The van der Waals surface area contributed by atoms with E-state index in [-0.39, 0.29) is 42.1 Å². The van der Waals surface area contributed by atoms with Gasteiger partial charge in [0.05, 0.1) is 47.9 Å². The minimum atomic E-state index is -4.55. The first-order chi connectivity index (χ1) is 30.9. The summed E-state index contributed by atoms with van der Waals surface area (Å²) >= 11 is 8.66. The van der Waals surface area contributed by atoms with Crippen molar-refractivity contribution < 1.29 is 75.1 Å². The van der Waals surface area contributed by atoms with Crippen LogP contribution in [0.3, 0.4) is 0 Å². The van der Waals surface area contributed by atoms with Crippen LogP contribution in [0.1, 0.15) is 54.1 Å². The molecule has 2 aromatic carbocycles. The molecule has 22 heteroatoms. The van der Waals surface area contributed by atoms with Crippen molar-refractivity contribution >= 4 is 82.8 Å². The first-order valence-electron chi connectivity index (χ1n) is 17.7. The van der Waals surface area contributed by atoms with Crippen LogP contribution in [-0.2, 0) is 31.8 Å². The number of carboxylic acids is 2. The zero-order chi connectivity index (χ0) is 48.2. The van der Waals surface area contributed by atoms with Crippen molar-refractivity contribution in [1.29, 1.82) is 0 Å². The van der Waals surface area contributed by atoms with Crippen molar-refractivity contribution in [3.05, 3.63) is 165 Å². The van der Waals surface area contributed by atoms with Crippen molar-refractivity contribution in [2.24, 2.45) is 0 Å². The van der Waals surface area contributed by atoms with Crippen LogP contribution in [0.2, 0.25) is 0 Å². The second-order valence-electron chi connectivity index (χ2n) is 12.2. The fourth-order valence-corrected chi connectivity index (χ4v) is 6.00. The van der Waals surface area contributed by atoms with Crippen molar-refractivity contribution in [1.82, 2.24) is 19.9 Å². The third kappa shape index (κ3) is 17.6. The SMILES string of the molecule is COc1ccc(/C=C/c2ccnc(Sc3cc(/C=C/c4ccc(OC)c(C(F)(F)F)c4)ccn3)c2)cc1C(F)(F)F.O=C(O)c1ccnc(-c2cc(C(=O)O)ccn2)c1.[N-]=C=S.[N-]=C=S.[Ru+2]. The van der Waals surface area contributed by atoms with Crippen LogP contribution in [0.5, 0.6) is 11.5 Å². The van der Waals surface area contributed by atoms with E-state index in [4.69, 9.17) is 30.5 Å². The van der Waals surface area contributed by atoms with Crippen LogP contribution in [0.4, 0.5) is 26.3 Å². The number of aromatic carboxylic acids is 2. The van der Waals surface area contributed by atoms with E-state index in [2.05, 4.69) is 44.4 Å². The zero-order valence-electron chi connectivity index (χ0n) is 33.8. The summed E-state index contributed by atoms with van der Waals surface area (Å²) < 4.78 is 89.6. The van der Waals surface area contributed by atoms with Gasteiger partial charge >= 0.3 is 43.8 Å². The van der Waals surface area contributed by atoms with Crippen LogP contribution in [0.25, 0.3) is 46.5 Å². The largest absolute Gasteiger partial charge is 2.00 e. The van der Waals surface area contributed by atoms with Crippen LogP contribution < -0.4 is 9.47 Å². The molecule has 0 spiro atoms. The number of alkyl halides is 6. The van der Waals surface area contributed by atoms with E-state index in [0.717, 1.165) is 12.1 Å². The summed E-state index contributed by atoms with van der Waals surface area (Å²) in [5, 5.41) is 35.8. The molecule has 0 atom stereocenters. The standard InChI is InChI=1S/C30H22F6N2O2S.C12H8N2O4.2CNS.Ru/c1-39-25-9-7-19(15-23(25)29(31,32)33)3-5-21-11-13-37-27(17-21)41-28-18-22(12-14-38-28)6-4-20-8-10-26(40-2)24(16-20)30(34,35)36;15-11(16)7-1-3-13-9(5-7)10-6-8(12(17)18)2-4-14-10;2*2-1-3;/h3-18H,1-2H3;1-6H,(H,15,16)(H,17,18);;;/q;;2*-1;+2/b5-3+,6-4+;;;;. The third-order valence-corrected chi connectivity index (χ3v) is 8.86. The molecule has 0 saturated heterocycles. The number of carboxylic acid groups (broad SMARTS) is 2. The molecule has 0 unspecified atom stereocenters. The summed E-state index contributed by atoms with van der Waals surface area (Å²) in [6, 6.07) is 20.0. The number of benzene rings is 2. The molecule has 0 fully saturated rings. The molecule has 66 heavy (non-hydrogen) atoms. The van der Waals surface area contributed by atoms with Gasteiger partial charge in [-0.05, 0) is 95.1 Å². The molecule has 0 bridgehead atoms. The number of hydrogen-bond acceptors (Lipinski definition) is 11. The average Bonchev–Trinajstić information content (AvgIpc) is 3.28. The minimum Gasteiger partial charge on any atom is -0.753 e. The normalized spacial score (nSPS) is 10.6. The van der Waals surface area contributed by atoms with Gasteiger partial charge < -0.3 is 30.5 Å². The molecule has 0 aliphatic carbocycles. The number of hydrogen-bond donors (Lipinski definition) is 2. The fourth-order valence-electron chi connectivity index (χ4n) is 5.17. The summed E-state index contributed by atoms with van der Waals surface area (Å²) in [5.41, 5.74) is 1.18. The Labute approximate surface area is 400 Å². The third-order valence-electron chi connectivity index (χ3n) is 8.00. The van der Waals surface area contributed by atoms with Crippen molar-refractivity contribution in [2.75, 3.05) is 14.2 Å². The molecule has 0 radical (unpaired) electrons. The maximum Gasteiger partial charge on any atom is 2.00 e. The molecule has 6 rings (SSSR count). The second-order valence-corrected chi connectivity index (χ2v) is 13.6. The number of carbonyl (C=O) groups is 2. The number of pyridine rings is 4. The minimum absolute atomic E-state index is 0. The number of isothiocyanates is 2. The van der Waals surface area contributed by atoms with Crippen LogP contribution in [-0.4, -0.2) is 66.6 Å². The van der Waals surface area contributed by atoms with E-state index in [1.807, 2.05) is 0 Å². The van der Waals surface area contributed by atoms with Crippen molar-refractivity contribution in [3.8, 4) is 22.9 Å². The maximum atomic E-state index is 13.3. The average molecular weight is 1050 g/mol. The molecular weight excluding hydrogens is 1020 g/mol. The monoisotopic (exact) mass is 1050 g/mol. The Balaban J connectivity index is 0.000000496. The van der Waals surface area contributed by atoms with Crippen LogP contribution >= 0.6 is 36.2 Å². The van der Waals surface area contributed by atoms with Gasteiger partial charge in [-0.15, -0.1) is 0 Å². The van der Waals surface area contributed by atoms with Gasteiger partial charge in [0.1, 0.15) is 21.6 Å².